The Kier molecular flexibility index (Phi) is 6.46. The van der Waals surface area contributed by atoms with Crippen molar-refractivity contribution < 1.29 is 8.78 Å². The van der Waals surface area contributed by atoms with Crippen LogP contribution in [0.4, 0.5) is 14.5 Å². The van der Waals surface area contributed by atoms with Crippen molar-refractivity contribution >= 4 is 28.5 Å². The van der Waals surface area contributed by atoms with Gasteiger partial charge in [0.05, 0.1) is 11.1 Å². The van der Waals surface area contributed by atoms with E-state index >= 15 is 0 Å². The number of para-hydroxylation sites is 1. The molecule has 0 radical (unpaired) electrons. The van der Waals surface area contributed by atoms with Gasteiger partial charge in [0, 0.05) is 23.8 Å². The second-order valence-electron chi connectivity index (χ2n) is 6.11. The van der Waals surface area contributed by atoms with Gasteiger partial charge in [0.15, 0.2) is 10.8 Å². The SMILES string of the molecule is CC.Cc1[nH]nc2nc(SCc3cncc(N)c3)n(-c3c(F)cccc3F)c(=N)c12. The van der Waals surface area contributed by atoms with Crippen LogP contribution < -0.4 is 11.2 Å². The number of thioether (sulfide) groups is 1. The average Bonchev–Trinajstić information content (AvgIpc) is 3.10. The zero-order valence-electron chi connectivity index (χ0n) is 16.7. The minimum Gasteiger partial charge on any atom is -0.397 e. The number of fused-ring (bicyclic) bond motifs is 1. The number of nitrogens with zero attached hydrogens (tertiary/aromatic N) is 4. The molecule has 3 heterocycles. The van der Waals surface area contributed by atoms with Crippen LogP contribution in [0, 0.1) is 24.0 Å². The van der Waals surface area contributed by atoms with Crippen LogP contribution in [-0.2, 0) is 5.75 Å². The van der Waals surface area contributed by atoms with E-state index in [1.54, 1.807) is 19.2 Å². The number of hydrogen-bond acceptors (Lipinski definition) is 6. The number of hydrogen-bond donors (Lipinski definition) is 3. The highest BCUT2D eigenvalue weighted by molar-refractivity contribution is 7.98. The van der Waals surface area contributed by atoms with E-state index in [1.807, 2.05) is 13.8 Å². The molecule has 4 aromatic rings. The van der Waals surface area contributed by atoms with Gasteiger partial charge in [0.25, 0.3) is 0 Å². The summed E-state index contributed by atoms with van der Waals surface area (Å²) in [6.45, 7) is 5.72. The number of nitrogen functional groups attached to an aromatic ring is 1. The Bertz CT molecular complexity index is 1230. The Morgan fingerprint density at radius 2 is 1.90 bits per heavy atom. The van der Waals surface area contributed by atoms with E-state index in [9.17, 15) is 8.78 Å². The number of aryl methyl sites for hydroxylation is 1. The maximum Gasteiger partial charge on any atom is 0.187 e. The number of nitrogens with one attached hydrogen (secondary N) is 2. The first-order chi connectivity index (χ1) is 14.5. The first kappa shape index (κ1) is 21.4. The lowest BCUT2D eigenvalue weighted by Crippen LogP contribution is -2.24. The van der Waals surface area contributed by atoms with E-state index in [4.69, 9.17) is 11.1 Å². The first-order valence-corrected chi connectivity index (χ1v) is 10.2. The van der Waals surface area contributed by atoms with Gasteiger partial charge in [-0.05, 0) is 30.7 Å². The minimum absolute atomic E-state index is 0.103. The van der Waals surface area contributed by atoms with Crippen LogP contribution in [0.1, 0.15) is 25.1 Å². The lowest BCUT2D eigenvalue weighted by Gasteiger charge is -2.14. The maximum absolute atomic E-state index is 14.5. The van der Waals surface area contributed by atoms with Gasteiger partial charge in [-0.3, -0.25) is 20.1 Å². The van der Waals surface area contributed by atoms with Gasteiger partial charge in [0.1, 0.15) is 22.8 Å². The van der Waals surface area contributed by atoms with Crippen LogP contribution in [0.3, 0.4) is 0 Å². The average molecular weight is 430 g/mol. The number of H-pyrrole nitrogens is 1. The highest BCUT2D eigenvalue weighted by Crippen LogP contribution is 2.27. The number of aromatic nitrogens is 5. The van der Waals surface area contributed by atoms with Gasteiger partial charge in [-0.15, -0.1) is 0 Å². The second-order valence-corrected chi connectivity index (χ2v) is 7.05. The fourth-order valence-electron chi connectivity index (χ4n) is 2.87. The Hall–Kier alpha value is -3.27. The highest BCUT2D eigenvalue weighted by atomic mass is 32.2. The fraction of sp³-hybridized carbons (Fsp3) is 0.200. The fourth-order valence-corrected chi connectivity index (χ4v) is 3.79. The van der Waals surface area contributed by atoms with E-state index in [2.05, 4.69) is 20.2 Å². The first-order valence-electron chi connectivity index (χ1n) is 9.24. The summed E-state index contributed by atoms with van der Waals surface area (Å²) in [5.74, 6) is -1.17. The predicted molar refractivity (Wildman–Crippen MR) is 113 cm³/mol. The molecule has 0 atom stereocenters. The van der Waals surface area contributed by atoms with Crippen LogP contribution in [0.25, 0.3) is 16.7 Å². The van der Waals surface area contributed by atoms with Crippen LogP contribution >= 0.6 is 11.8 Å². The summed E-state index contributed by atoms with van der Waals surface area (Å²) in [6.07, 6.45) is 3.18. The molecule has 0 amide bonds. The van der Waals surface area contributed by atoms with E-state index in [-0.39, 0.29) is 16.3 Å². The molecule has 0 unspecified atom stereocenters. The van der Waals surface area contributed by atoms with Crippen molar-refractivity contribution in [2.75, 3.05) is 5.73 Å². The summed E-state index contributed by atoms with van der Waals surface area (Å²) in [4.78, 5) is 8.47. The molecular formula is C20H21F2N7S. The van der Waals surface area contributed by atoms with Crippen molar-refractivity contribution in [2.24, 2.45) is 0 Å². The molecular weight excluding hydrogens is 408 g/mol. The summed E-state index contributed by atoms with van der Waals surface area (Å²) in [6, 6.07) is 5.33. The Labute approximate surface area is 175 Å². The monoisotopic (exact) mass is 429 g/mol. The zero-order chi connectivity index (χ0) is 21.8. The minimum atomic E-state index is -0.784. The molecule has 1 aromatic carbocycles. The van der Waals surface area contributed by atoms with E-state index in [0.29, 0.717) is 28.2 Å². The molecule has 0 fully saturated rings. The molecule has 4 rings (SSSR count). The number of aromatic amines is 1. The quantitative estimate of drug-likeness (QED) is 0.334. The topological polar surface area (TPSA) is 109 Å². The van der Waals surface area contributed by atoms with E-state index in [0.717, 1.165) is 17.7 Å². The number of anilines is 1. The van der Waals surface area contributed by atoms with Gasteiger partial charge >= 0.3 is 0 Å². The summed E-state index contributed by atoms with van der Waals surface area (Å²) in [7, 11) is 0. The predicted octanol–water partition coefficient (Wildman–Crippen LogP) is 4.11. The molecule has 30 heavy (non-hydrogen) atoms. The summed E-state index contributed by atoms with van der Waals surface area (Å²) in [5, 5.41) is 16.1. The molecule has 3 aromatic heterocycles. The third-order valence-corrected chi connectivity index (χ3v) is 5.14. The van der Waals surface area contributed by atoms with Crippen molar-refractivity contribution in [2.45, 2.75) is 31.7 Å². The number of rotatable bonds is 4. The van der Waals surface area contributed by atoms with Crippen molar-refractivity contribution in [3.05, 3.63) is 65.0 Å². The number of halogens is 2. The Morgan fingerprint density at radius 3 is 2.57 bits per heavy atom. The number of pyridine rings is 1. The van der Waals surface area contributed by atoms with Crippen LogP contribution in [0.2, 0.25) is 0 Å². The molecule has 0 aliphatic carbocycles. The smallest absolute Gasteiger partial charge is 0.187 e. The molecule has 0 aliphatic rings. The van der Waals surface area contributed by atoms with E-state index in [1.165, 1.54) is 28.6 Å². The lowest BCUT2D eigenvalue weighted by molar-refractivity contribution is 0.554. The lowest BCUT2D eigenvalue weighted by atomic mass is 10.2. The molecule has 0 spiro atoms. The molecule has 0 saturated heterocycles. The number of nitrogens with two attached hydrogens (primary N) is 1. The summed E-state index contributed by atoms with van der Waals surface area (Å²) >= 11 is 1.21. The summed E-state index contributed by atoms with van der Waals surface area (Å²) in [5.41, 5.74) is 7.53. The largest absolute Gasteiger partial charge is 0.397 e. The van der Waals surface area contributed by atoms with Crippen molar-refractivity contribution in [1.82, 2.24) is 24.7 Å². The number of benzene rings is 1. The van der Waals surface area contributed by atoms with Crippen molar-refractivity contribution in [1.29, 1.82) is 5.41 Å². The molecule has 0 aliphatic heterocycles. The van der Waals surface area contributed by atoms with Gasteiger partial charge in [-0.25, -0.2) is 13.8 Å². The zero-order valence-corrected chi connectivity index (χ0v) is 17.5. The van der Waals surface area contributed by atoms with Crippen LogP contribution in [0.15, 0.2) is 41.8 Å². The molecule has 156 valence electrons. The molecule has 10 heteroatoms. The molecule has 7 nitrogen and oxygen atoms in total. The van der Waals surface area contributed by atoms with Crippen LogP contribution in [0.5, 0.6) is 0 Å². The second kappa shape index (κ2) is 9.04. The summed E-state index contributed by atoms with van der Waals surface area (Å²) < 4.78 is 30.2. The third kappa shape index (κ3) is 4.04. The van der Waals surface area contributed by atoms with Crippen LogP contribution in [-0.4, -0.2) is 24.7 Å². The van der Waals surface area contributed by atoms with Gasteiger partial charge in [0.2, 0.25) is 0 Å². The molecule has 0 bridgehead atoms. The molecule has 0 saturated carbocycles. The van der Waals surface area contributed by atoms with Gasteiger partial charge in [-0.1, -0.05) is 31.7 Å². The van der Waals surface area contributed by atoms with E-state index < -0.39 is 11.6 Å². The Morgan fingerprint density at radius 1 is 1.20 bits per heavy atom. The molecule has 4 N–H and O–H groups in total. The van der Waals surface area contributed by atoms with Crippen molar-refractivity contribution in [3.8, 4) is 5.69 Å². The maximum atomic E-state index is 14.5. The standard InChI is InChI=1S/C18H15F2N7S.C2H6/c1-9-14-16(22)27(15-12(19)3-2-4-13(15)20)18(24-17(14)26-25-9)28-8-10-5-11(21)7-23-6-10;1-2/h2-7,22H,8,21H2,1H3,(H,25,26);1-2H3. The van der Waals surface area contributed by atoms with Gasteiger partial charge in [-0.2, -0.15) is 5.10 Å². The highest BCUT2D eigenvalue weighted by Gasteiger charge is 2.20. The van der Waals surface area contributed by atoms with Gasteiger partial charge < -0.3 is 5.73 Å². The Balaban J connectivity index is 0.00000124. The van der Waals surface area contributed by atoms with Crippen molar-refractivity contribution in [3.63, 3.8) is 0 Å². The third-order valence-electron chi connectivity index (χ3n) is 4.13. The normalized spacial score (nSPS) is 10.7.